The largest absolute Gasteiger partial charge is 0.380 e. The highest BCUT2D eigenvalue weighted by Crippen LogP contribution is 2.26. The number of nitrogens with one attached hydrogen (secondary N) is 2. The first kappa shape index (κ1) is 16.2. The summed E-state index contributed by atoms with van der Waals surface area (Å²) in [5.74, 6) is 0. The van der Waals surface area contributed by atoms with Gasteiger partial charge in [0.2, 0.25) is 10.9 Å². The van der Waals surface area contributed by atoms with Crippen LogP contribution in [0.25, 0.3) is 0 Å². The summed E-state index contributed by atoms with van der Waals surface area (Å²) in [5, 5.41) is 3.08. The van der Waals surface area contributed by atoms with Crippen LogP contribution in [0.4, 0.5) is 5.69 Å². The van der Waals surface area contributed by atoms with Crippen molar-refractivity contribution in [1.82, 2.24) is 4.84 Å². The van der Waals surface area contributed by atoms with Crippen LogP contribution in [0.2, 0.25) is 0 Å². The molecular weight excluding hydrogens is 264 g/mol. The lowest BCUT2D eigenvalue weighted by Crippen LogP contribution is -2.47. The summed E-state index contributed by atoms with van der Waals surface area (Å²) < 4.78 is 0. The Bertz CT molecular complexity index is 517. The van der Waals surface area contributed by atoms with E-state index in [9.17, 15) is 9.59 Å². The summed E-state index contributed by atoms with van der Waals surface area (Å²) in [5.41, 5.74) is -0.140. The van der Waals surface area contributed by atoms with E-state index in [1.54, 1.807) is 0 Å². The quantitative estimate of drug-likeness (QED) is 0.658. The molecule has 108 valence electrons. The third kappa shape index (κ3) is 3.37. The molecule has 5 heteroatoms. The van der Waals surface area contributed by atoms with Crippen molar-refractivity contribution in [3.05, 3.63) is 26.0 Å². The van der Waals surface area contributed by atoms with Crippen molar-refractivity contribution in [3.8, 4) is 0 Å². The molecule has 0 saturated carbocycles. The van der Waals surface area contributed by atoms with Crippen molar-refractivity contribution >= 4 is 17.5 Å². The first-order valence-corrected chi connectivity index (χ1v) is 6.81. The minimum absolute atomic E-state index is 0.00797. The van der Waals surface area contributed by atoms with Crippen molar-refractivity contribution in [2.45, 2.75) is 53.0 Å². The zero-order valence-corrected chi connectivity index (χ0v) is 13.2. The molecule has 0 spiro atoms. The molecule has 0 saturated heterocycles. The van der Waals surface area contributed by atoms with Gasteiger partial charge >= 0.3 is 0 Å². The fourth-order valence-corrected chi connectivity index (χ4v) is 2.39. The Morgan fingerprint density at radius 3 is 1.95 bits per heavy atom. The average molecular weight is 287 g/mol. The smallest absolute Gasteiger partial charge is 0.249 e. The maximum atomic E-state index is 11.6. The van der Waals surface area contributed by atoms with Crippen LogP contribution in [0.1, 0.15) is 47.1 Å². The van der Waals surface area contributed by atoms with E-state index >= 15 is 0 Å². The second-order valence-corrected chi connectivity index (χ2v) is 7.29. The molecule has 0 aliphatic carbocycles. The summed E-state index contributed by atoms with van der Waals surface area (Å²) in [4.78, 5) is 26.0. The minimum Gasteiger partial charge on any atom is -0.380 e. The maximum absolute atomic E-state index is 11.6. The van der Waals surface area contributed by atoms with Gasteiger partial charge in [-0.2, -0.15) is 0 Å². The monoisotopic (exact) mass is 286 g/mol. The Hall–Kier alpha value is -0.870. The van der Waals surface area contributed by atoms with E-state index in [0.29, 0.717) is 17.8 Å². The molecule has 19 heavy (non-hydrogen) atoms. The topological polar surface area (TPSA) is 58.2 Å². The SMILES string of the molecule is CC(C)(C)c1c(NCC(NCl)C(C)(C)C)c(=O)c1=O. The number of hydrogen-bond acceptors (Lipinski definition) is 4. The molecule has 0 bridgehead atoms. The Kier molecular flexibility index (Phi) is 4.47. The van der Waals surface area contributed by atoms with Crippen LogP contribution in [0.15, 0.2) is 9.59 Å². The zero-order valence-electron chi connectivity index (χ0n) is 12.5. The molecule has 0 radical (unpaired) electrons. The highest BCUT2D eigenvalue weighted by atomic mass is 35.5. The standard InChI is InChI=1S/C14H23ClN2O2/c1-13(2,3)8(17-15)7-16-10-9(14(4,5)6)11(18)12(10)19/h8,16-17H,7H2,1-6H3. The van der Waals surface area contributed by atoms with Gasteiger partial charge in [-0.3, -0.25) is 9.59 Å². The van der Waals surface area contributed by atoms with Crippen LogP contribution in [-0.4, -0.2) is 12.6 Å². The second-order valence-electron chi connectivity index (χ2n) is 7.07. The van der Waals surface area contributed by atoms with Gasteiger partial charge in [-0.15, -0.1) is 0 Å². The molecule has 4 nitrogen and oxygen atoms in total. The summed E-state index contributed by atoms with van der Waals surface area (Å²) in [6.45, 7) is 12.5. The first-order valence-electron chi connectivity index (χ1n) is 6.44. The molecule has 2 N–H and O–H groups in total. The third-order valence-electron chi connectivity index (χ3n) is 3.32. The second kappa shape index (κ2) is 5.25. The number of hydrogen-bond donors (Lipinski definition) is 2. The molecule has 0 heterocycles. The summed E-state index contributed by atoms with van der Waals surface area (Å²) >= 11 is 5.73. The Labute approximate surface area is 119 Å². The number of anilines is 1. The molecule has 0 aliphatic rings. The number of halogens is 1. The summed E-state index contributed by atoms with van der Waals surface area (Å²) in [6, 6.07) is -0.00797. The van der Waals surface area contributed by atoms with Crippen LogP contribution in [0, 0.1) is 5.41 Å². The van der Waals surface area contributed by atoms with E-state index < -0.39 is 5.43 Å². The molecular formula is C14H23ClN2O2. The maximum Gasteiger partial charge on any atom is 0.249 e. The van der Waals surface area contributed by atoms with Crippen LogP contribution in [-0.2, 0) is 5.41 Å². The van der Waals surface area contributed by atoms with Gasteiger partial charge in [-0.05, 0) is 22.6 Å². The molecule has 0 aromatic heterocycles. The van der Waals surface area contributed by atoms with Gasteiger partial charge in [0.15, 0.2) is 0 Å². The lowest BCUT2D eigenvalue weighted by Gasteiger charge is -2.31. The normalized spacial score (nSPS) is 14.7. The van der Waals surface area contributed by atoms with Gasteiger partial charge in [0, 0.05) is 18.2 Å². The average Bonchev–Trinajstić information content (AvgIpc) is 2.23. The molecule has 0 aliphatic heterocycles. The van der Waals surface area contributed by atoms with Crippen LogP contribution in [0.5, 0.6) is 0 Å². The third-order valence-corrected chi connectivity index (χ3v) is 3.58. The molecule has 1 unspecified atom stereocenters. The van der Waals surface area contributed by atoms with Crippen LogP contribution in [0.3, 0.4) is 0 Å². The van der Waals surface area contributed by atoms with Gasteiger partial charge in [-0.1, -0.05) is 41.5 Å². The highest BCUT2D eigenvalue weighted by Gasteiger charge is 2.31. The van der Waals surface area contributed by atoms with E-state index in [0.717, 1.165) is 0 Å². The number of rotatable bonds is 4. The fraction of sp³-hybridized carbons (Fsp3) is 0.714. The van der Waals surface area contributed by atoms with Crippen molar-refractivity contribution < 1.29 is 0 Å². The molecule has 1 aromatic carbocycles. The molecule has 0 amide bonds. The molecule has 0 fully saturated rings. The molecule has 1 aromatic rings. The Morgan fingerprint density at radius 2 is 1.58 bits per heavy atom. The van der Waals surface area contributed by atoms with E-state index in [-0.39, 0.29) is 22.3 Å². The van der Waals surface area contributed by atoms with Gasteiger partial charge in [0.1, 0.15) is 0 Å². The van der Waals surface area contributed by atoms with Gasteiger partial charge in [-0.25, -0.2) is 4.84 Å². The van der Waals surface area contributed by atoms with Gasteiger partial charge in [0.25, 0.3) is 0 Å². The van der Waals surface area contributed by atoms with Crippen LogP contribution >= 0.6 is 11.8 Å². The highest BCUT2D eigenvalue weighted by molar-refractivity contribution is 6.13. The van der Waals surface area contributed by atoms with E-state index in [1.165, 1.54) is 0 Å². The molecule has 1 rings (SSSR count). The van der Waals surface area contributed by atoms with Gasteiger partial charge < -0.3 is 5.32 Å². The predicted octanol–water partition coefficient (Wildman–Crippen LogP) is 2.15. The van der Waals surface area contributed by atoms with E-state index in [1.807, 2.05) is 20.8 Å². The van der Waals surface area contributed by atoms with Crippen molar-refractivity contribution in [2.24, 2.45) is 5.41 Å². The van der Waals surface area contributed by atoms with E-state index in [2.05, 4.69) is 30.9 Å². The minimum atomic E-state index is -0.424. The van der Waals surface area contributed by atoms with Gasteiger partial charge in [0.05, 0.1) is 5.69 Å². The lowest BCUT2D eigenvalue weighted by atomic mass is 9.82. The van der Waals surface area contributed by atoms with E-state index in [4.69, 9.17) is 11.8 Å². The van der Waals surface area contributed by atoms with Crippen molar-refractivity contribution in [2.75, 3.05) is 11.9 Å². The fourth-order valence-electron chi connectivity index (χ4n) is 1.99. The predicted molar refractivity (Wildman–Crippen MR) is 80.8 cm³/mol. The van der Waals surface area contributed by atoms with Crippen molar-refractivity contribution in [3.63, 3.8) is 0 Å². The van der Waals surface area contributed by atoms with Crippen LogP contribution < -0.4 is 21.0 Å². The van der Waals surface area contributed by atoms with Crippen molar-refractivity contribution in [1.29, 1.82) is 0 Å². The summed E-state index contributed by atoms with van der Waals surface area (Å²) in [7, 11) is 0. The Balaban J connectivity index is 2.89. The summed E-state index contributed by atoms with van der Waals surface area (Å²) in [6.07, 6.45) is 0. The lowest BCUT2D eigenvalue weighted by molar-refractivity contribution is 0.313. The molecule has 1 atom stereocenters. The zero-order chi connectivity index (χ0) is 15.0. The Morgan fingerprint density at radius 1 is 1.05 bits per heavy atom. The first-order chi connectivity index (χ1) is 8.50.